The highest BCUT2D eigenvalue weighted by Crippen LogP contribution is 2.31. The maximum absolute atomic E-state index is 12.5. The highest BCUT2D eigenvalue weighted by Gasteiger charge is 2.17. The van der Waals surface area contributed by atoms with E-state index in [1.807, 2.05) is 0 Å². The van der Waals surface area contributed by atoms with Gasteiger partial charge in [0.2, 0.25) is 5.88 Å². The lowest BCUT2D eigenvalue weighted by molar-refractivity contribution is 0.151. The smallest absolute Gasteiger partial charge is 0.266 e. The SMILES string of the molecule is COc1nc(CN)cc(C(F)F)c1N. The molecule has 14 heavy (non-hydrogen) atoms. The number of ether oxygens (including phenoxy) is 1. The molecule has 0 saturated carbocycles. The molecule has 1 heterocycles. The van der Waals surface area contributed by atoms with E-state index in [2.05, 4.69) is 4.98 Å². The first kappa shape index (κ1) is 10.6. The van der Waals surface area contributed by atoms with Crippen LogP contribution in [0.4, 0.5) is 14.5 Å². The molecule has 0 amide bonds. The van der Waals surface area contributed by atoms with Gasteiger partial charge in [0.05, 0.1) is 12.8 Å². The number of hydrogen-bond donors (Lipinski definition) is 2. The standard InChI is InChI=1S/C8H11F2N3O/c1-14-8-6(12)5(7(9)10)2-4(3-11)13-8/h2,7H,3,11-12H2,1H3. The van der Waals surface area contributed by atoms with E-state index in [0.717, 1.165) is 0 Å². The largest absolute Gasteiger partial charge is 0.480 e. The number of hydrogen-bond acceptors (Lipinski definition) is 4. The number of halogens is 2. The van der Waals surface area contributed by atoms with Gasteiger partial charge in [0.25, 0.3) is 6.43 Å². The van der Waals surface area contributed by atoms with E-state index in [4.69, 9.17) is 16.2 Å². The molecule has 0 bridgehead atoms. The van der Waals surface area contributed by atoms with Gasteiger partial charge >= 0.3 is 0 Å². The summed E-state index contributed by atoms with van der Waals surface area (Å²) in [5, 5.41) is 0. The summed E-state index contributed by atoms with van der Waals surface area (Å²) in [4.78, 5) is 3.85. The molecule has 0 fully saturated rings. The van der Waals surface area contributed by atoms with E-state index in [1.165, 1.54) is 13.2 Å². The number of nitrogens with zero attached hydrogens (tertiary/aromatic N) is 1. The molecule has 0 radical (unpaired) electrons. The van der Waals surface area contributed by atoms with E-state index in [0.29, 0.717) is 5.69 Å². The van der Waals surface area contributed by atoms with Gasteiger partial charge in [0.15, 0.2) is 0 Å². The Morgan fingerprint density at radius 2 is 2.21 bits per heavy atom. The minimum Gasteiger partial charge on any atom is -0.480 e. The fourth-order valence-corrected chi connectivity index (χ4v) is 1.04. The number of pyridine rings is 1. The van der Waals surface area contributed by atoms with Crippen LogP contribution in [0.2, 0.25) is 0 Å². The van der Waals surface area contributed by atoms with E-state index in [-0.39, 0.29) is 23.7 Å². The van der Waals surface area contributed by atoms with Crippen LogP contribution in [0.5, 0.6) is 5.88 Å². The van der Waals surface area contributed by atoms with Crippen LogP contribution in [0, 0.1) is 0 Å². The second-order valence-electron chi connectivity index (χ2n) is 2.63. The van der Waals surface area contributed by atoms with Crippen LogP contribution in [0.3, 0.4) is 0 Å². The van der Waals surface area contributed by atoms with Crippen LogP contribution >= 0.6 is 0 Å². The highest BCUT2D eigenvalue weighted by atomic mass is 19.3. The fourth-order valence-electron chi connectivity index (χ4n) is 1.04. The topological polar surface area (TPSA) is 74.2 Å². The molecule has 4 N–H and O–H groups in total. The van der Waals surface area contributed by atoms with Crippen LogP contribution in [-0.4, -0.2) is 12.1 Å². The molecule has 0 aliphatic carbocycles. The summed E-state index contributed by atoms with van der Waals surface area (Å²) in [6.07, 6.45) is -2.66. The van der Waals surface area contributed by atoms with Gasteiger partial charge in [-0.3, -0.25) is 0 Å². The van der Waals surface area contributed by atoms with Crippen molar-refractivity contribution in [3.8, 4) is 5.88 Å². The Bertz CT molecular complexity index is 331. The van der Waals surface area contributed by atoms with Gasteiger partial charge in [0, 0.05) is 12.1 Å². The predicted molar refractivity (Wildman–Crippen MR) is 48.0 cm³/mol. The van der Waals surface area contributed by atoms with Gasteiger partial charge in [0.1, 0.15) is 5.69 Å². The van der Waals surface area contributed by atoms with Crippen LogP contribution in [0.1, 0.15) is 17.7 Å². The monoisotopic (exact) mass is 203 g/mol. The molecule has 0 aromatic carbocycles. The van der Waals surface area contributed by atoms with Crippen molar-refractivity contribution in [2.75, 3.05) is 12.8 Å². The van der Waals surface area contributed by atoms with Crippen molar-refractivity contribution >= 4 is 5.69 Å². The Morgan fingerprint density at radius 3 is 2.64 bits per heavy atom. The first-order valence-corrected chi connectivity index (χ1v) is 3.91. The van der Waals surface area contributed by atoms with Gasteiger partial charge in [-0.15, -0.1) is 0 Å². The third-order valence-corrected chi connectivity index (χ3v) is 1.75. The second kappa shape index (κ2) is 4.19. The molecule has 1 rings (SSSR count). The molecule has 4 nitrogen and oxygen atoms in total. The van der Waals surface area contributed by atoms with Crippen molar-refractivity contribution in [2.45, 2.75) is 13.0 Å². The van der Waals surface area contributed by atoms with E-state index >= 15 is 0 Å². The normalized spacial score (nSPS) is 10.6. The Labute approximate surface area is 79.9 Å². The quantitative estimate of drug-likeness (QED) is 0.770. The molecule has 0 saturated heterocycles. The number of alkyl halides is 2. The molecular formula is C8H11F2N3O. The first-order valence-electron chi connectivity index (χ1n) is 3.91. The third kappa shape index (κ3) is 1.90. The summed E-state index contributed by atoms with van der Waals surface area (Å²) >= 11 is 0. The summed E-state index contributed by atoms with van der Waals surface area (Å²) in [6, 6.07) is 1.18. The molecule has 78 valence electrons. The van der Waals surface area contributed by atoms with Crippen LogP contribution in [0.25, 0.3) is 0 Å². The summed E-state index contributed by atoms with van der Waals surface area (Å²) in [6.45, 7) is 0.0658. The molecule has 6 heteroatoms. The Morgan fingerprint density at radius 1 is 1.57 bits per heavy atom. The average Bonchev–Trinajstić information content (AvgIpc) is 2.17. The number of nitrogen functional groups attached to an aromatic ring is 1. The van der Waals surface area contributed by atoms with Crippen molar-refractivity contribution < 1.29 is 13.5 Å². The molecule has 0 aliphatic rings. The second-order valence-corrected chi connectivity index (χ2v) is 2.63. The fraction of sp³-hybridized carbons (Fsp3) is 0.375. The van der Waals surface area contributed by atoms with Crippen molar-refractivity contribution in [1.29, 1.82) is 0 Å². The van der Waals surface area contributed by atoms with Crippen molar-refractivity contribution in [2.24, 2.45) is 5.73 Å². The van der Waals surface area contributed by atoms with Crippen molar-refractivity contribution in [3.63, 3.8) is 0 Å². The van der Waals surface area contributed by atoms with Crippen LogP contribution in [-0.2, 0) is 6.54 Å². The number of nitrogens with two attached hydrogens (primary N) is 2. The predicted octanol–water partition coefficient (Wildman–Crippen LogP) is 1.07. The lowest BCUT2D eigenvalue weighted by atomic mass is 10.2. The molecule has 0 atom stereocenters. The van der Waals surface area contributed by atoms with Crippen molar-refractivity contribution in [3.05, 3.63) is 17.3 Å². The van der Waals surface area contributed by atoms with E-state index in [9.17, 15) is 8.78 Å². The highest BCUT2D eigenvalue weighted by molar-refractivity contribution is 5.56. The zero-order valence-electron chi connectivity index (χ0n) is 7.63. The number of methoxy groups -OCH3 is 1. The maximum atomic E-state index is 12.5. The number of rotatable bonds is 3. The molecule has 0 spiro atoms. The zero-order chi connectivity index (χ0) is 10.7. The van der Waals surface area contributed by atoms with Crippen molar-refractivity contribution in [1.82, 2.24) is 4.98 Å². The lowest BCUT2D eigenvalue weighted by Crippen LogP contribution is -2.07. The summed E-state index contributed by atoms with van der Waals surface area (Å²) in [5.41, 5.74) is 10.6. The lowest BCUT2D eigenvalue weighted by Gasteiger charge is -2.10. The van der Waals surface area contributed by atoms with Gasteiger partial charge in [-0.1, -0.05) is 0 Å². The zero-order valence-corrected chi connectivity index (χ0v) is 7.63. The van der Waals surface area contributed by atoms with Gasteiger partial charge in [-0.2, -0.15) is 0 Å². The number of anilines is 1. The van der Waals surface area contributed by atoms with Crippen LogP contribution < -0.4 is 16.2 Å². The number of aromatic nitrogens is 1. The summed E-state index contributed by atoms with van der Waals surface area (Å²) in [5.74, 6) is -0.0109. The molecule has 1 aromatic heterocycles. The van der Waals surface area contributed by atoms with Crippen LogP contribution in [0.15, 0.2) is 6.07 Å². The Balaban J connectivity index is 3.27. The Kier molecular flexibility index (Phi) is 3.19. The molecule has 1 aromatic rings. The summed E-state index contributed by atoms with van der Waals surface area (Å²) in [7, 11) is 1.31. The van der Waals surface area contributed by atoms with E-state index in [1.54, 1.807) is 0 Å². The third-order valence-electron chi connectivity index (χ3n) is 1.75. The molecule has 0 aliphatic heterocycles. The average molecular weight is 203 g/mol. The van der Waals surface area contributed by atoms with Gasteiger partial charge in [-0.25, -0.2) is 13.8 Å². The first-order chi connectivity index (χ1) is 6.60. The van der Waals surface area contributed by atoms with Gasteiger partial charge < -0.3 is 16.2 Å². The minimum atomic E-state index is -2.66. The molecular weight excluding hydrogens is 192 g/mol. The van der Waals surface area contributed by atoms with Gasteiger partial charge in [-0.05, 0) is 6.07 Å². The van der Waals surface area contributed by atoms with E-state index < -0.39 is 6.43 Å². The maximum Gasteiger partial charge on any atom is 0.266 e. The Hall–Kier alpha value is -1.43. The minimum absolute atomic E-state index is 0.0109. The molecule has 0 unspecified atom stereocenters. The summed E-state index contributed by atoms with van der Waals surface area (Å²) < 4.78 is 29.7.